The van der Waals surface area contributed by atoms with Crippen LogP contribution in [-0.2, 0) is 14.4 Å². The number of rotatable bonds is 5. The summed E-state index contributed by atoms with van der Waals surface area (Å²) in [6.45, 7) is 6.15. The van der Waals surface area contributed by atoms with Gasteiger partial charge in [0, 0.05) is 37.9 Å². The van der Waals surface area contributed by atoms with Gasteiger partial charge in [0.05, 0.1) is 11.9 Å². The van der Waals surface area contributed by atoms with E-state index in [4.69, 9.17) is 0 Å². The molecule has 2 aromatic rings. The fourth-order valence-electron chi connectivity index (χ4n) is 4.00. The number of amides is 1. The highest BCUT2D eigenvalue weighted by Crippen LogP contribution is 2.38. The van der Waals surface area contributed by atoms with Crippen LogP contribution in [0.5, 0.6) is 0 Å². The predicted molar refractivity (Wildman–Crippen MR) is 108 cm³/mol. The molecule has 0 aliphatic heterocycles. The Kier molecular flexibility index (Phi) is 5.91. The summed E-state index contributed by atoms with van der Waals surface area (Å²) < 4.78 is 13.2. The number of carbonyl (C=O) groups is 3. The van der Waals surface area contributed by atoms with Crippen molar-refractivity contribution < 1.29 is 18.8 Å². The zero-order valence-electron chi connectivity index (χ0n) is 17.2. The Balaban J connectivity index is 1.90. The molecule has 1 fully saturated rings. The summed E-state index contributed by atoms with van der Waals surface area (Å²) >= 11 is 0. The largest absolute Gasteiger partial charge is 0.346 e. The minimum absolute atomic E-state index is 0.0705. The van der Waals surface area contributed by atoms with Crippen molar-refractivity contribution in [1.29, 1.82) is 0 Å². The molecule has 0 bridgehead atoms. The lowest BCUT2D eigenvalue weighted by atomic mass is 9.85. The number of ketones is 2. The van der Waals surface area contributed by atoms with E-state index >= 15 is 0 Å². The van der Waals surface area contributed by atoms with Crippen LogP contribution in [0.1, 0.15) is 42.4 Å². The van der Waals surface area contributed by atoms with Gasteiger partial charge in [0.2, 0.25) is 5.91 Å². The van der Waals surface area contributed by atoms with Crippen molar-refractivity contribution in [2.24, 2.45) is 5.92 Å². The molecular weight excluding hydrogens is 371 g/mol. The third-order valence-electron chi connectivity index (χ3n) is 5.68. The summed E-state index contributed by atoms with van der Waals surface area (Å²) in [6, 6.07) is 6.68. The van der Waals surface area contributed by atoms with Crippen LogP contribution in [0.4, 0.5) is 4.39 Å². The van der Waals surface area contributed by atoms with E-state index in [0.717, 1.165) is 22.9 Å². The number of nitrogens with zero attached hydrogens (tertiary/aromatic N) is 2. The van der Waals surface area contributed by atoms with Gasteiger partial charge in [-0.2, -0.15) is 0 Å². The van der Waals surface area contributed by atoms with E-state index in [0.29, 0.717) is 17.8 Å². The molecule has 3 rings (SSSR count). The summed E-state index contributed by atoms with van der Waals surface area (Å²) in [6.07, 6.45) is 1.33. The first kappa shape index (κ1) is 20.8. The summed E-state index contributed by atoms with van der Waals surface area (Å²) in [5, 5.41) is 0. The van der Waals surface area contributed by atoms with Crippen LogP contribution in [0.3, 0.4) is 0 Å². The molecule has 1 saturated carbocycles. The van der Waals surface area contributed by atoms with Crippen LogP contribution in [0.15, 0.2) is 30.5 Å². The number of Topliss-reactive ketones (excluding diaryl/α,β-unsaturated/α-hetero) is 2. The second-order valence-corrected chi connectivity index (χ2v) is 7.70. The summed E-state index contributed by atoms with van der Waals surface area (Å²) in [4.78, 5) is 43.6. The van der Waals surface area contributed by atoms with Crippen LogP contribution in [-0.4, -0.2) is 40.9 Å². The first-order valence-corrected chi connectivity index (χ1v) is 9.76. The maximum Gasteiger partial charge on any atom is 0.223 e. The fraction of sp³-hybridized carbons (Fsp3) is 0.391. The Morgan fingerprint density at radius 3 is 2.41 bits per heavy atom. The van der Waals surface area contributed by atoms with Crippen LogP contribution in [0.2, 0.25) is 0 Å². The van der Waals surface area contributed by atoms with E-state index in [1.165, 1.54) is 6.07 Å². The van der Waals surface area contributed by atoms with Gasteiger partial charge in [-0.1, -0.05) is 0 Å². The van der Waals surface area contributed by atoms with E-state index in [2.05, 4.69) is 4.98 Å². The molecule has 0 N–H and O–H groups in total. The molecule has 2 unspecified atom stereocenters. The lowest BCUT2D eigenvalue weighted by Gasteiger charge is -2.18. The lowest BCUT2D eigenvalue weighted by molar-refractivity contribution is -0.133. The minimum Gasteiger partial charge on any atom is -0.346 e. The first-order valence-electron chi connectivity index (χ1n) is 9.76. The van der Waals surface area contributed by atoms with Crippen molar-refractivity contribution >= 4 is 17.5 Å². The molecule has 0 spiro atoms. The molecule has 5 nitrogen and oxygen atoms in total. The van der Waals surface area contributed by atoms with Gasteiger partial charge in [-0.05, 0) is 61.7 Å². The van der Waals surface area contributed by atoms with E-state index < -0.39 is 17.7 Å². The number of halogens is 1. The Morgan fingerprint density at radius 2 is 1.86 bits per heavy atom. The highest BCUT2D eigenvalue weighted by Gasteiger charge is 2.44. The van der Waals surface area contributed by atoms with Crippen molar-refractivity contribution in [3.8, 4) is 11.3 Å². The Morgan fingerprint density at radius 1 is 1.21 bits per heavy atom. The Bertz CT molecular complexity index is 946. The molecule has 2 atom stereocenters. The lowest BCUT2D eigenvalue weighted by Crippen LogP contribution is -2.29. The molecule has 1 aromatic carbocycles. The maximum atomic E-state index is 13.2. The third kappa shape index (κ3) is 4.11. The standard InChI is InChI=1S/C23H25FN2O3/c1-5-26(4)20(28)11-16-10-19(27)22(23(16)29)21-13(2)8-15(9-14(21)3)18-7-6-17(24)12-25-18/h6-9,12,16,22H,5,10-11H2,1-4H3. The maximum absolute atomic E-state index is 13.2. The molecule has 1 aliphatic rings. The van der Waals surface area contributed by atoms with Crippen LogP contribution >= 0.6 is 0 Å². The van der Waals surface area contributed by atoms with Crippen molar-refractivity contribution in [1.82, 2.24) is 9.88 Å². The number of aryl methyl sites for hydroxylation is 2. The highest BCUT2D eigenvalue weighted by molar-refractivity contribution is 6.15. The number of carbonyl (C=O) groups excluding carboxylic acids is 3. The van der Waals surface area contributed by atoms with Gasteiger partial charge >= 0.3 is 0 Å². The number of benzene rings is 1. The number of pyridine rings is 1. The van der Waals surface area contributed by atoms with Crippen molar-refractivity contribution in [3.05, 3.63) is 53.0 Å². The van der Waals surface area contributed by atoms with E-state index in [1.807, 2.05) is 32.9 Å². The third-order valence-corrected chi connectivity index (χ3v) is 5.68. The molecule has 0 saturated heterocycles. The molecule has 0 radical (unpaired) electrons. The average Bonchev–Trinajstić information content (AvgIpc) is 2.95. The quantitative estimate of drug-likeness (QED) is 0.724. The highest BCUT2D eigenvalue weighted by atomic mass is 19.1. The van der Waals surface area contributed by atoms with Gasteiger partial charge in [-0.3, -0.25) is 19.4 Å². The van der Waals surface area contributed by atoms with E-state index in [-0.39, 0.29) is 30.3 Å². The molecule has 1 amide bonds. The van der Waals surface area contributed by atoms with Crippen molar-refractivity contribution in [2.45, 2.75) is 39.5 Å². The number of aromatic nitrogens is 1. The monoisotopic (exact) mass is 396 g/mol. The minimum atomic E-state index is -0.824. The van der Waals surface area contributed by atoms with Crippen molar-refractivity contribution in [3.63, 3.8) is 0 Å². The van der Waals surface area contributed by atoms with Crippen LogP contribution in [0, 0.1) is 25.6 Å². The predicted octanol–water partition coefficient (Wildman–Crippen LogP) is 3.61. The van der Waals surface area contributed by atoms with Gasteiger partial charge in [0.1, 0.15) is 17.5 Å². The summed E-state index contributed by atoms with van der Waals surface area (Å²) in [5.74, 6) is -2.22. The second kappa shape index (κ2) is 8.23. The van der Waals surface area contributed by atoms with Crippen LogP contribution < -0.4 is 0 Å². The fourth-order valence-corrected chi connectivity index (χ4v) is 4.00. The number of hydrogen-bond acceptors (Lipinski definition) is 4. The van der Waals surface area contributed by atoms with E-state index in [1.54, 1.807) is 18.0 Å². The molecule has 152 valence electrons. The first-order chi connectivity index (χ1) is 13.7. The van der Waals surface area contributed by atoms with Gasteiger partial charge in [-0.15, -0.1) is 0 Å². The van der Waals surface area contributed by atoms with E-state index in [9.17, 15) is 18.8 Å². The molecular formula is C23H25FN2O3. The topological polar surface area (TPSA) is 67.3 Å². The van der Waals surface area contributed by atoms with Crippen LogP contribution in [0.25, 0.3) is 11.3 Å². The van der Waals surface area contributed by atoms with Gasteiger partial charge < -0.3 is 4.90 Å². The molecule has 1 aliphatic carbocycles. The van der Waals surface area contributed by atoms with Gasteiger partial charge in [0.25, 0.3) is 0 Å². The van der Waals surface area contributed by atoms with Gasteiger partial charge in [-0.25, -0.2) is 4.39 Å². The molecule has 6 heteroatoms. The smallest absolute Gasteiger partial charge is 0.223 e. The van der Waals surface area contributed by atoms with Gasteiger partial charge in [0.15, 0.2) is 5.78 Å². The molecule has 1 aromatic heterocycles. The summed E-state index contributed by atoms with van der Waals surface area (Å²) in [7, 11) is 1.69. The van der Waals surface area contributed by atoms with Crippen molar-refractivity contribution in [2.75, 3.05) is 13.6 Å². The normalized spacial score (nSPS) is 18.9. The second-order valence-electron chi connectivity index (χ2n) is 7.70. The zero-order chi connectivity index (χ0) is 21.3. The Hall–Kier alpha value is -2.89. The SMILES string of the molecule is CCN(C)C(=O)CC1CC(=O)C(c2c(C)cc(-c3ccc(F)cn3)cc2C)C1=O. The summed E-state index contributed by atoms with van der Waals surface area (Å²) in [5.41, 5.74) is 3.77. The molecule has 1 heterocycles. The number of hydrogen-bond donors (Lipinski definition) is 0. The molecule has 29 heavy (non-hydrogen) atoms. The zero-order valence-corrected chi connectivity index (χ0v) is 17.2. The Labute approximate surface area is 169 Å². The average molecular weight is 396 g/mol.